The largest absolute Gasteiger partial charge is 0.319 e. The molecule has 2 unspecified atom stereocenters. The lowest BCUT2D eigenvalue weighted by molar-refractivity contribution is 0.320. The molecular formula is C10H22N2. The smallest absolute Gasteiger partial charge is 0.00235 e. The van der Waals surface area contributed by atoms with Crippen LogP contribution in [0.1, 0.15) is 26.2 Å². The van der Waals surface area contributed by atoms with Crippen LogP contribution in [0.2, 0.25) is 0 Å². The van der Waals surface area contributed by atoms with E-state index in [0.29, 0.717) is 0 Å². The van der Waals surface area contributed by atoms with Gasteiger partial charge in [0.2, 0.25) is 0 Å². The fraction of sp³-hybridized carbons (Fsp3) is 1.00. The van der Waals surface area contributed by atoms with Gasteiger partial charge >= 0.3 is 0 Å². The van der Waals surface area contributed by atoms with Crippen LogP contribution >= 0.6 is 0 Å². The van der Waals surface area contributed by atoms with Crippen LogP contribution in [0.25, 0.3) is 0 Å². The summed E-state index contributed by atoms with van der Waals surface area (Å²) in [5, 5.41) is 6.72. The van der Waals surface area contributed by atoms with Crippen LogP contribution in [0.15, 0.2) is 0 Å². The van der Waals surface area contributed by atoms with Gasteiger partial charge in [0.25, 0.3) is 0 Å². The van der Waals surface area contributed by atoms with Crippen molar-refractivity contribution in [2.75, 3.05) is 26.7 Å². The summed E-state index contributed by atoms with van der Waals surface area (Å²) in [6, 6.07) is 0. The van der Waals surface area contributed by atoms with Crippen LogP contribution in [0.4, 0.5) is 0 Å². The molecule has 1 fully saturated rings. The molecule has 72 valence electrons. The molecule has 0 bridgehead atoms. The minimum absolute atomic E-state index is 0.842. The van der Waals surface area contributed by atoms with Crippen molar-refractivity contribution in [2.45, 2.75) is 26.2 Å². The summed E-state index contributed by atoms with van der Waals surface area (Å²) in [6.07, 6.45) is 4.14. The van der Waals surface area contributed by atoms with Gasteiger partial charge in [-0.25, -0.2) is 0 Å². The van der Waals surface area contributed by atoms with E-state index in [0.717, 1.165) is 11.8 Å². The fourth-order valence-electron chi connectivity index (χ4n) is 2.10. The van der Waals surface area contributed by atoms with E-state index in [2.05, 4.69) is 17.6 Å². The van der Waals surface area contributed by atoms with Crippen LogP contribution in [0.3, 0.4) is 0 Å². The molecule has 2 atom stereocenters. The molecular weight excluding hydrogens is 148 g/mol. The first kappa shape index (κ1) is 10.0. The Morgan fingerprint density at radius 3 is 3.00 bits per heavy atom. The van der Waals surface area contributed by atoms with E-state index in [4.69, 9.17) is 0 Å². The number of hydrogen-bond donors (Lipinski definition) is 2. The monoisotopic (exact) mass is 170 g/mol. The van der Waals surface area contributed by atoms with Gasteiger partial charge < -0.3 is 10.6 Å². The second-order valence-corrected chi connectivity index (χ2v) is 3.98. The van der Waals surface area contributed by atoms with E-state index in [1.54, 1.807) is 0 Å². The molecule has 2 heteroatoms. The van der Waals surface area contributed by atoms with Crippen LogP contribution in [0.5, 0.6) is 0 Å². The topological polar surface area (TPSA) is 24.1 Å². The molecule has 1 aliphatic heterocycles. The average molecular weight is 170 g/mol. The number of hydrogen-bond acceptors (Lipinski definition) is 2. The zero-order chi connectivity index (χ0) is 8.81. The van der Waals surface area contributed by atoms with Gasteiger partial charge in [-0.15, -0.1) is 0 Å². The van der Waals surface area contributed by atoms with Gasteiger partial charge in [0, 0.05) is 0 Å². The maximum atomic E-state index is 3.45. The van der Waals surface area contributed by atoms with Crippen molar-refractivity contribution in [3.05, 3.63) is 0 Å². The van der Waals surface area contributed by atoms with Gasteiger partial charge in [0.15, 0.2) is 0 Å². The normalized spacial score (nSPS) is 28.0. The molecule has 0 amide bonds. The molecule has 0 saturated carbocycles. The Morgan fingerprint density at radius 2 is 2.25 bits per heavy atom. The highest BCUT2D eigenvalue weighted by atomic mass is 14.9. The Bertz CT molecular complexity index is 106. The molecule has 0 spiro atoms. The summed E-state index contributed by atoms with van der Waals surface area (Å²) < 4.78 is 0. The molecule has 1 saturated heterocycles. The standard InChI is InChI=1S/C10H22N2/c1-9(8-11-2)10-4-3-6-12-7-5-10/h9-12H,3-8H2,1-2H3. The first-order valence-corrected chi connectivity index (χ1v) is 5.20. The molecule has 2 nitrogen and oxygen atoms in total. The molecule has 1 rings (SSSR count). The van der Waals surface area contributed by atoms with Crippen LogP contribution in [0, 0.1) is 11.8 Å². The molecule has 0 radical (unpaired) electrons. The molecule has 0 aliphatic carbocycles. The summed E-state index contributed by atoms with van der Waals surface area (Å²) in [5.74, 6) is 1.78. The minimum atomic E-state index is 0.842. The highest BCUT2D eigenvalue weighted by Crippen LogP contribution is 2.21. The van der Waals surface area contributed by atoms with E-state index in [1.807, 2.05) is 7.05 Å². The zero-order valence-electron chi connectivity index (χ0n) is 8.40. The van der Waals surface area contributed by atoms with Gasteiger partial charge in [-0.05, 0) is 57.8 Å². The van der Waals surface area contributed by atoms with Gasteiger partial charge in [-0.2, -0.15) is 0 Å². The van der Waals surface area contributed by atoms with Crippen molar-refractivity contribution in [1.82, 2.24) is 10.6 Å². The van der Waals surface area contributed by atoms with Crippen molar-refractivity contribution >= 4 is 0 Å². The first-order chi connectivity index (χ1) is 5.84. The highest BCUT2D eigenvalue weighted by Gasteiger charge is 2.17. The second-order valence-electron chi connectivity index (χ2n) is 3.98. The van der Waals surface area contributed by atoms with Gasteiger partial charge in [0.05, 0.1) is 0 Å². The van der Waals surface area contributed by atoms with Crippen molar-refractivity contribution < 1.29 is 0 Å². The Kier molecular flexibility index (Phi) is 4.62. The molecule has 12 heavy (non-hydrogen) atoms. The van der Waals surface area contributed by atoms with Crippen molar-refractivity contribution in [1.29, 1.82) is 0 Å². The maximum Gasteiger partial charge on any atom is -0.00235 e. The third kappa shape index (κ3) is 3.11. The highest BCUT2D eigenvalue weighted by molar-refractivity contribution is 4.72. The van der Waals surface area contributed by atoms with Gasteiger partial charge in [0.1, 0.15) is 0 Å². The fourth-order valence-corrected chi connectivity index (χ4v) is 2.10. The summed E-state index contributed by atoms with van der Waals surface area (Å²) in [5.41, 5.74) is 0. The van der Waals surface area contributed by atoms with Crippen molar-refractivity contribution in [2.24, 2.45) is 11.8 Å². The van der Waals surface area contributed by atoms with Crippen molar-refractivity contribution in [3.8, 4) is 0 Å². The van der Waals surface area contributed by atoms with Crippen LogP contribution in [-0.4, -0.2) is 26.7 Å². The van der Waals surface area contributed by atoms with E-state index in [9.17, 15) is 0 Å². The van der Waals surface area contributed by atoms with Crippen molar-refractivity contribution in [3.63, 3.8) is 0 Å². The predicted octanol–water partition coefficient (Wildman–Crippen LogP) is 1.23. The van der Waals surface area contributed by atoms with E-state index in [-0.39, 0.29) is 0 Å². The zero-order valence-corrected chi connectivity index (χ0v) is 8.40. The summed E-state index contributed by atoms with van der Waals surface area (Å²) in [6.45, 7) is 5.98. The second kappa shape index (κ2) is 5.55. The first-order valence-electron chi connectivity index (χ1n) is 5.20. The molecule has 1 aliphatic rings. The molecule has 0 aromatic carbocycles. The third-order valence-corrected chi connectivity index (χ3v) is 2.95. The summed E-state index contributed by atoms with van der Waals surface area (Å²) >= 11 is 0. The number of nitrogens with one attached hydrogen (secondary N) is 2. The molecule has 2 N–H and O–H groups in total. The summed E-state index contributed by atoms with van der Waals surface area (Å²) in [4.78, 5) is 0. The van der Waals surface area contributed by atoms with Gasteiger partial charge in [-0.3, -0.25) is 0 Å². The van der Waals surface area contributed by atoms with Gasteiger partial charge in [-0.1, -0.05) is 6.92 Å². The minimum Gasteiger partial charge on any atom is -0.319 e. The van der Waals surface area contributed by atoms with E-state index in [1.165, 1.54) is 38.9 Å². The third-order valence-electron chi connectivity index (χ3n) is 2.95. The SMILES string of the molecule is CNCC(C)C1CCCNCC1. The molecule has 0 aromatic heterocycles. The Morgan fingerprint density at radius 1 is 1.42 bits per heavy atom. The lowest BCUT2D eigenvalue weighted by atomic mass is 9.88. The summed E-state index contributed by atoms with van der Waals surface area (Å²) in [7, 11) is 2.05. The lowest BCUT2D eigenvalue weighted by Gasteiger charge is -2.21. The Hall–Kier alpha value is -0.0800. The van der Waals surface area contributed by atoms with E-state index >= 15 is 0 Å². The maximum absolute atomic E-state index is 3.45. The Labute approximate surface area is 76.1 Å². The predicted molar refractivity (Wildman–Crippen MR) is 53.3 cm³/mol. The van der Waals surface area contributed by atoms with Crippen LogP contribution in [-0.2, 0) is 0 Å². The Balaban J connectivity index is 2.27. The lowest BCUT2D eigenvalue weighted by Crippen LogP contribution is -2.24. The van der Waals surface area contributed by atoms with E-state index < -0.39 is 0 Å². The molecule has 0 aromatic rings. The van der Waals surface area contributed by atoms with Crippen LogP contribution < -0.4 is 10.6 Å². The quantitative estimate of drug-likeness (QED) is 0.666. The average Bonchev–Trinajstić information content (AvgIpc) is 2.32. The number of rotatable bonds is 3. The molecule has 1 heterocycles.